The Morgan fingerprint density at radius 1 is 1.15 bits per heavy atom. The lowest BCUT2D eigenvalue weighted by molar-refractivity contribution is -0.00307. The molecule has 1 aliphatic heterocycles. The van der Waals surface area contributed by atoms with E-state index in [-0.39, 0.29) is 22.6 Å². The highest BCUT2D eigenvalue weighted by atomic mass is 32.2. The highest BCUT2D eigenvalue weighted by Gasteiger charge is 2.46. The number of carbonyl (C=O) groups excluding carboxylic acids is 1. The van der Waals surface area contributed by atoms with Crippen LogP contribution >= 0.6 is 0 Å². The molecule has 1 fully saturated rings. The quantitative estimate of drug-likeness (QED) is 0.422. The summed E-state index contributed by atoms with van der Waals surface area (Å²) in [6.45, 7) is 17.6. The summed E-state index contributed by atoms with van der Waals surface area (Å²) < 4.78 is 42.3. The summed E-state index contributed by atoms with van der Waals surface area (Å²) in [5, 5.41) is 10.9. The van der Waals surface area contributed by atoms with Crippen molar-refractivity contribution in [1.82, 2.24) is 4.90 Å². The van der Waals surface area contributed by atoms with E-state index in [4.69, 9.17) is 13.3 Å². The van der Waals surface area contributed by atoms with E-state index in [0.717, 1.165) is 5.56 Å². The summed E-state index contributed by atoms with van der Waals surface area (Å²) in [6, 6.07) is 5.58. The van der Waals surface area contributed by atoms with Gasteiger partial charge in [0.05, 0.1) is 29.8 Å². The van der Waals surface area contributed by atoms with Crippen LogP contribution in [0.15, 0.2) is 29.2 Å². The second-order valence-corrected chi connectivity index (χ2v) is 17.9. The van der Waals surface area contributed by atoms with Crippen molar-refractivity contribution in [2.45, 2.75) is 102 Å². The van der Waals surface area contributed by atoms with Crippen LogP contribution in [0.2, 0.25) is 18.1 Å². The minimum Gasteiger partial charge on any atom is -0.444 e. The van der Waals surface area contributed by atoms with E-state index in [9.17, 15) is 18.3 Å². The first-order chi connectivity index (χ1) is 15.3. The molecular weight excluding hydrogens is 474 g/mol. The number of aliphatic hydroxyl groups is 1. The third kappa shape index (κ3) is 7.52. The number of amides is 1. The van der Waals surface area contributed by atoms with Gasteiger partial charge in [0, 0.05) is 6.54 Å². The molecule has 10 heteroatoms. The average molecular weight is 516 g/mol. The van der Waals surface area contributed by atoms with Crippen molar-refractivity contribution in [2.75, 3.05) is 13.2 Å². The zero-order valence-electron chi connectivity index (χ0n) is 21.9. The Morgan fingerprint density at radius 2 is 1.71 bits per heavy atom. The third-order valence-electron chi connectivity index (χ3n) is 6.35. The molecule has 0 unspecified atom stereocenters. The molecule has 1 aliphatic rings. The van der Waals surface area contributed by atoms with Crippen molar-refractivity contribution < 1.29 is 31.7 Å². The molecule has 0 aromatic heterocycles. The zero-order valence-corrected chi connectivity index (χ0v) is 23.7. The Hall–Kier alpha value is -1.46. The maximum absolute atomic E-state index is 12.9. The molecule has 2 rings (SSSR count). The Kier molecular flexibility index (Phi) is 8.68. The van der Waals surface area contributed by atoms with Gasteiger partial charge in [-0.25, -0.2) is 4.79 Å². The number of carbonyl (C=O) groups is 1. The summed E-state index contributed by atoms with van der Waals surface area (Å²) in [5.41, 5.74) is 0.210. The van der Waals surface area contributed by atoms with Gasteiger partial charge in [-0.1, -0.05) is 38.5 Å². The molecule has 0 spiro atoms. The Balaban J connectivity index is 2.18. The van der Waals surface area contributed by atoms with Gasteiger partial charge in [-0.05, 0) is 64.4 Å². The summed E-state index contributed by atoms with van der Waals surface area (Å²) in [4.78, 5) is 14.4. The van der Waals surface area contributed by atoms with Gasteiger partial charge in [-0.3, -0.25) is 9.08 Å². The van der Waals surface area contributed by atoms with E-state index in [1.165, 1.54) is 17.0 Å². The first kappa shape index (κ1) is 28.8. The zero-order chi connectivity index (χ0) is 26.1. The number of aliphatic hydroxyl groups excluding tert-OH is 1. The van der Waals surface area contributed by atoms with E-state index < -0.39 is 48.9 Å². The monoisotopic (exact) mass is 515 g/mol. The van der Waals surface area contributed by atoms with E-state index >= 15 is 0 Å². The predicted molar refractivity (Wildman–Crippen MR) is 134 cm³/mol. The molecule has 0 radical (unpaired) electrons. The Morgan fingerprint density at radius 3 is 2.21 bits per heavy atom. The van der Waals surface area contributed by atoms with Gasteiger partial charge in [0.1, 0.15) is 5.60 Å². The molecule has 1 amide bonds. The first-order valence-corrected chi connectivity index (χ1v) is 16.0. The maximum Gasteiger partial charge on any atom is 0.410 e. The van der Waals surface area contributed by atoms with Crippen LogP contribution in [0.25, 0.3) is 0 Å². The number of likely N-dealkylation sites (tertiary alicyclic amines) is 1. The summed E-state index contributed by atoms with van der Waals surface area (Å²) in [5.74, 6) is 0. The number of ether oxygens (including phenoxy) is 1. The first-order valence-electron chi connectivity index (χ1n) is 11.6. The van der Waals surface area contributed by atoms with Crippen LogP contribution in [-0.4, -0.2) is 69.8 Å². The number of nitrogens with zero attached hydrogens (tertiary/aromatic N) is 1. The van der Waals surface area contributed by atoms with Crippen molar-refractivity contribution in [2.24, 2.45) is 0 Å². The smallest absolute Gasteiger partial charge is 0.410 e. The number of hydrogen-bond donors (Lipinski definition) is 1. The molecule has 1 N–H and O–H groups in total. The number of rotatable bonds is 7. The van der Waals surface area contributed by atoms with Gasteiger partial charge in [0.15, 0.2) is 8.32 Å². The van der Waals surface area contributed by atoms with Crippen molar-refractivity contribution in [1.29, 1.82) is 0 Å². The topological polar surface area (TPSA) is 102 Å². The molecule has 0 bridgehead atoms. The van der Waals surface area contributed by atoms with Gasteiger partial charge in [0.2, 0.25) is 0 Å². The van der Waals surface area contributed by atoms with Crippen LogP contribution in [0, 0.1) is 6.92 Å². The van der Waals surface area contributed by atoms with Gasteiger partial charge >= 0.3 is 6.09 Å². The second-order valence-electron chi connectivity index (χ2n) is 11.6. The van der Waals surface area contributed by atoms with Crippen LogP contribution < -0.4 is 0 Å². The highest BCUT2D eigenvalue weighted by molar-refractivity contribution is 7.86. The Bertz CT molecular complexity index is 949. The molecule has 34 heavy (non-hydrogen) atoms. The van der Waals surface area contributed by atoms with Crippen molar-refractivity contribution in [3.05, 3.63) is 29.8 Å². The second kappa shape index (κ2) is 10.3. The van der Waals surface area contributed by atoms with E-state index in [1.807, 2.05) is 6.92 Å². The van der Waals surface area contributed by atoms with Crippen molar-refractivity contribution in [3.63, 3.8) is 0 Å². The molecular formula is C24H41NO7SSi. The van der Waals surface area contributed by atoms with E-state index in [1.54, 1.807) is 32.9 Å². The molecule has 194 valence electrons. The van der Waals surface area contributed by atoms with E-state index in [2.05, 4.69) is 33.9 Å². The fourth-order valence-corrected chi connectivity index (χ4v) is 5.73. The molecule has 1 aromatic rings. The molecule has 0 aliphatic carbocycles. The SMILES string of the molecule is Cc1ccc(S(=O)(=O)OC[C@H](O)[C@@H]2C[C@@H](O[Si](C)(C)C(C)(C)C)CN2C(=O)OC(C)(C)C)cc1. The number of aryl methyl sites for hydroxylation is 1. The lowest BCUT2D eigenvalue weighted by atomic mass is 10.1. The fraction of sp³-hybridized carbons (Fsp3) is 0.708. The van der Waals surface area contributed by atoms with Crippen LogP contribution in [0.1, 0.15) is 53.5 Å². The fourth-order valence-electron chi connectivity index (χ4n) is 3.44. The molecule has 3 atom stereocenters. The molecule has 1 saturated heterocycles. The average Bonchev–Trinajstić information content (AvgIpc) is 3.08. The normalized spacial score (nSPS) is 20.9. The predicted octanol–water partition coefficient (Wildman–Crippen LogP) is 4.46. The Labute approximate surface area is 205 Å². The van der Waals surface area contributed by atoms with Crippen molar-refractivity contribution in [3.8, 4) is 0 Å². The van der Waals surface area contributed by atoms with E-state index in [0.29, 0.717) is 6.42 Å². The molecule has 1 aromatic carbocycles. The molecule has 1 heterocycles. The summed E-state index contributed by atoms with van der Waals surface area (Å²) in [6.07, 6.45) is -1.73. The third-order valence-corrected chi connectivity index (χ3v) is 12.2. The number of hydrogen-bond acceptors (Lipinski definition) is 7. The minimum atomic E-state index is -4.05. The van der Waals surface area contributed by atoms with Gasteiger partial charge in [-0.2, -0.15) is 8.42 Å². The minimum absolute atomic E-state index is 0.0138. The van der Waals surface area contributed by atoms with Gasteiger partial charge < -0.3 is 14.3 Å². The van der Waals surface area contributed by atoms with Crippen LogP contribution in [-0.2, 0) is 23.5 Å². The van der Waals surface area contributed by atoms with Crippen LogP contribution in [0.5, 0.6) is 0 Å². The lowest BCUT2D eigenvalue weighted by Crippen LogP contribution is -2.47. The van der Waals surface area contributed by atoms with Crippen LogP contribution in [0.4, 0.5) is 4.79 Å². The highest BCUT2D eigenvalue weighted by Crippen LogP contribution is 2.39. The summed E-state index contributed by atoms with van der Waals surface area (Å²) in [7, 11) is -6.18. The van der Waals surface area contributed by atoms with Crippen LogP contribution in [0.3, 0.4) is 0 Å². The van der Waals surface area contributed by atoms with Gasteiger partial charge in [0.25, 0.3) is 10.1 Å². The molecule has 8 nitrogen and oxygen atoms in total. The largest absolute Gasteiger partial charge is 0.444 e. The molecule has 0 saturated carbocycles. The standard InChI is InChI=1S/C24H41NO7SSi/c1-17-10-12-19(13-11-17)33(28,29)30-16-21(26)20-14-18(32-34(8,9)24(5,6)7)15-25(20)22(27)31-23(2,3)4/h10-13,18,20-21,26H,14-16H2,1-9H3/t18-,20+,21+/m1/s1. The van der Waals surface area contributed by atoms with Gasteiger partial charge in [-0.15, -0.1) is 0 Å². The maximum atomic E-state index is 12.9. The number of benzene rings is 1. The van der Waals surface area contributed by atoms with Crippen molar-refractivity contribution >= 4 is 24.5 Å². The summed E-state index contributed by atoms with van der Waals surface area (Å²) >= 11 is 0. The lowest BCUT2D eigenvalue weighted by Gasteiger charge is -2.38.